The number of aromatic nitrogens is 2. The summed E-state index contributed by atoms with van der Waals surface area (Å²) in [5, 5.41) is 4.07. The second kappa shape index (κ2) is 11.8. The van der Waals surface area contributed by atoms with Crippen LogP contribution in [-0.4, -0.2) is 29.8 Å². The van der Waals surface area contributed by atoms with Gasteiger partial charge in [0.1, 0.15) is 17.4 Å². The predicted octanol–water partition coefficient (Wildman–Crippen LogP) is 6.04. The SMILES string of the molecule is CC(C)c1noc(N2CCC([C@H](C)CCOc3ccc([C@H](N)Cc4cc(F)ccc4F)cc3)CC2)n1. The molecule has 3 aromatic rings. The third-order valence-electron chi connectivity index (χ3n) is 7.16. The van der Waals surface area contributed by atoms with E-state index < -0.39 is 17.7 Å². The van der Waals surface area contributed by atoms with Gasteiger partial charge in [0, 0.05) is 25.0 Å². The molecule has 36 heavy (non-hydrogen) atoms. The van der Waals surface area contributed by atoms with Gasteiger partial charge in [-0.1, -0.05) is 38.1 Å². The third kappa shape index (κ3) is 6.60. The minimum absolute atomic E-state index is 0.228. The summed E-state index contributed by atoms with van der Waals surface area (Å²) < 4.78 is 38.8. The molecule has 1 aromatic heterocycles. The van der Waals surface area contributed by atoms with Gasteiger partial charge in [-0.25, -0.2) is 8.78 Å². The largest absolute Gasteiger partial charge is 0.494 e. The van der Waals surface area contributed by atoms with Crippen LogP contribution in [0.15, 0.2) is 47.0 Å². The lowest BCUT2D eigenvalue weighted by Gasteiger charge is -2.33. The number of halogens is 2. The van der Waals surface area contributed by atoms with E-state index in [9.17, 15) is 8.78 Å². The lowest BCUT2D eigenvalue weighted by atomic mass is 9.84. The molecule has 6 nitrogen and oxygen atoms in total. The molecule has 2 atom stereocenters. The minimum atomic E-state index is -0.464. The highest BCUT2D eigenvalue weighted by Crippen LogP contribution is 2.30. The Morgan fingerprint density at radius 2 is 1.81 bits per heavy atom. The molecule has 1 saturated heterocycles. The van der Waals surface area contributed by atoms with Crippen LogP contribution in [0.2, 0.25) is 0 Å². The predicted molar refractivity (Wildman–Crippen MR) is 136 cm³/mol. The van der Waals surface area contributed by atoms with Gasteiger partial charge in [-0.2, -0.15) is 4.98 Å². The maximum absolute atomic E-state index is 13.9. The summed E-state index contributed by atoms with van der Waals surface area (Å²) in [5.41, 5.74) is 7.37. The Morgan fingerprint density at radius 3 is 2.47 bits per heavy atom. The van der Waals surface area contributed by atoms with Gasteiger partial charge in [-0.05, 0) is 79.0 Å². The van der Waals surface area contributed by atoms with Crippen LogP contribution >= 0.6 is 0 Å². The van der Waals surface area contributed by atoms with E-state index in [1.807, 2.05) is 24.3 Å². The molecule has 2 heterocycles. The number of rotatable bonds is 10. The van der Waals surface area contributed by atoms with Crippen molar-refractivity contribution in [3.63, 3.8) is 0 Å². The Labute approximate surface area is 211 Å². The van der Waals surface area contributed by atoms with Crippen LogP contribution in [0.4, 0.5) is 14.8 Å². The topological polar surface area (TPSA) is 77.4 Å². The molecule has 194 valence electrons. The number of hydrogen-bond donors (Lipinski definition) is 1. The van der Waals surface area contributed by atoms with E-state index in [0.29, 0.717) is 24.5 Å². The molecule has 1 aliphatic heterocycles. The summed E-state index contributed by atoms with van der Waals surface area (Å²) in [6, 6.07) is 11.2. The molecule has 0 radical (unpaired) electrons. The molecule has 0 spiro atoms. The van der Waals surface area contributed by atoms with Crippen molar-refractivity contribution in [2.24, 2.45) is 17.6 Å². The van der Waals surface area contributed by atoms with Crippen LogP contribution in [0.1, 0.15) is 68.9 Å². The maximum Gasteiger partial charge on any atom is 0.324 e. The van der Waals surface area contributed by atoms with Crippen molar-refractivity contribution in [3.8, 4) is 5.75 Å². The van der Waals surface area contributed by atoms with Crippen LogP contribution in [0.3, 0.4) is 0 Å². The minimum Gasteiger partial charge on any atom is -0.494 e. The Balaban J connectivity index is 1.19. The van der Waals surface area contributed by atoms with Gasteiger partial charge in [-0.15, -0.1) is 0 Å². The first kappa shape index (κ1) is 26.1. The average molecular weight is 499 g/mol. The molecule has 1 fully saturated rings. The molecule has 0 amide bonds. The fourth-order valence-corrected chi connectivity index (χ4v) is 4.71. The molecule has 4 rings (SSSR count). The number of piperidine rings is 1. The van der Waals surface area contributed by atoms with Crippen molar-refractivity contribution >= 4 is 6.01 Å². The van der Waals surface area contributed by atoms with Crippen molar-refractivity contribution in [1.82, 2.24) is 10.1 Å². The number of hydrogen-bond acceptors (Lipinski definition) is 6. The van der Waals surface area contributed by atoms with Crippen LogP contribution in [0, 0.1) is 23.5 Å². The zero-order valence-electron chi connectivity index (χ0n) is 21.3. The summed E-state index contributed by atoms with van der Waals surface area (Å²) in [5.74, 6) is 2.08. The van der Waals surface area contributed by atoms with Crippen LogP contribution in [0.25, 0.3) is 0 Å². The van der Waals surface area contributed by atoms with Crippen molar-refractivity contribution in [3.05, 3.63) is 71.1 Å². The highest BCUT2D eigenvalue weighted by Gasteiger charge is 2.26. The lowest BCUT2D eigenvalue weighted by Crippen LogP contribution is -2.36. The van der Waals surface area contributed by atoms with E-state index in [4.69, 9.17) is 15.0 Å². The molecule has 0 saturated carbocycles. The fourth-order valence-electron chi connectivity index (χ4n) is 4.71. The van der Waals surface area contributed by atoms with Crippen LogP contribution in [0.5, 0.6) is 5.75 Å². The van der Waals surface area contributed by atoms with Crippen LogP contribution < -0.4 is 15.4 Å². The van der Waals surface area contributed by atoms with Crippen molar-refractivity contribution in [2.75, 3.05) is 24.6 Å². The first-order valence-corrected chi connectivity index (χ1v) is 12.8. The Bertz CT molecular complexity index is 1110. The highest BCUT2D eigenvalue weighted by molar-refractivity contribution is 5.31. The summed E-state index contributed by atoms with van der Waals surface area (Å²) in [4.78, 5) is 6.71. The van der Waals surface area contributed by atoms with Crippen molar-refractivity contribution < 1.29 is 18.0 Å². The molecular weight excluding hydrogens is 462 g/mol. The lowest BCUT2D eigenvalue weighted by molar-refractivity contribution is 0.220. The first-order valence-electron chi connectivity index (χ1n) is 12.8. The van der Waals surface area contributed by atoms with E-state index in [1.165, 1.54) is 6.07 Å². The van der Waals surface area contributed by atoms with Gasteiger partial charge in [-0.3, -0.25) is 0 Å². The molecular formula is C28H36F2N4O2. The third-order valence-corrected chi connectivity index (χ3v) is 7.16. The zero-order chi connectivity index (χ0) is 25.7. The Morgan fingerprint density at radius 1 is 1.08 bits per heavy atom. The van der Waals surface area contributed by atoms with E-state index in [1.54, 1.807) is 0 Å². The average Bonchev–Trinajstić information content (AvgIpc) is 3.37. The van der Waals surface area contributed by atoms with E-state index in [0.717, 1.165) is 61.6 Å². The summed E-state index contributed by atoms with van der Waals surface area (Å²) in [6.45, 7) is 8.91. The maximum atomic E-state index is 13.9. The van der Waals surface area contributed by atoms with Gasteiger partial charge < -0.3 is 19.9 Å². The molecule has 2 aromatic carbocycles. The van der Waals surface area contributed by atoms with E-state index >= 15 is 0 Å². The first-order chi connectivity index (χ1) is 17.3. The monoisotopic (exact) mass is 498 g/mol. The zero-order valence-corrected chi connectivity index (χ0v) is 21.3. The number of benzene rings is 2. The van der Waals surface area contributed by atoms with Gasteiger partial charge in [0.25, 0.3) is 0 Å². The van der Waals surface area contributed by atoms with Crippen LogP contribution in [-0.2, 0) is 6.42 Å². The second-order valence-corrected chi connectivity index (χ2v) is 10.1. The van der Waals surface area contributed by atoms with E-state index in [2.05, 4.69) is 35.8 Å². The summed E-state index contributed by atoms with van der Waals surface area (Å²) in [7, 11) is 0. The van der Waals surface area contributed by atoms with Gasteiger partial charge in [0.15, 0.2) is 5.82 Å². The van der Waals surface area contributed by atoms with E-state index in [-0.39, 0.29) is 17.9 Å². The molecule has 0 aliphatic carbocycles. The number of ether oxygens (including phenoxy) is 1. The normalized spacial score (nSPS) is 16.4. The number of nitrogens with zero attached hydrogens (tertiary/aromatic N) is 3. The summed E-state index contributed by atoms with van der Waals surface area (Å²) >= 11 is 0. The molecule has 0 bridgehead atoms. The Kier molecular flexibility index (Phi) is 8.56. The fraction of sp³-hybridized carbons (Fsp3) is 0.500. The second-order valence-electron chi connectivity index (χ2n) is 10.1. The van der Waals surface area contributed by atoms with Gasteiger partial charge in [0.2, 0.25) is 0 Å². The molecule has 0 unspecified atom stereocenters. The number of anilines is 1. The quantitative estimate of drug-likeness (QED) is 0.367. The number of nitrogens with two attached hydrogens (primary N) is 1. The smallest absolute Gasteiger partial charge is 0.324 e. The Hall–Kier alpha value is -3.00. The van der Waals surface area contributed by atoms with Crippen molar-refractivity contribution in [2.45, 2.75) is 58.4 Å². The van der Waals surface area contributed by atoms with Gasteiger partial charge in [0.05, 0.1) is 6.61 Å². The molecule has 1 aliphatic rings. The highest BCUT2D eigenvalue weighted by atomic mass is 19.1. The van der Waals surface area contributed by atoms with Gasteiger partial charge >= 0.3 is 6.01 Å². The molecule has 2 N–H and O–H groups in total. The van der Waals surface area contributed by atoms with Crippen molar-refractivity contribution in [1.29, 1.82) is 0 Å². The summed E-state index contributed by atoms with van der Waals surface area (Å²) in [6.07, 6.45) is 3.40. The standard InChI is InChI=1S/C28H36F2N4O2/c1-18(2)27-32-28(36-33-27)34-13-10-20(11-14-34)19(3)12-15-35-24-7-4-21(5-8-24)26(31)17-22-16-23(29)6-9-25(22)30/h4-9,16,18-20,26H,10-15,17,31H2,1-3H3/t19-,26-/m1/s1. The molecule has 8 heteroatoms.